The molecule has 1 aromatic heterocycles. The lowest BCUT2D eigenvalue weighted by Crippen LogP contribution is -2.25. The molecule has 0 bridgehead atoms. The monoisotopic (exact) mass is 237 g/mol. The number of hydrogen-bond donors (Lipinski definition) is 2. The summed E-state index contributed by atoms with van der Waals surface area (Å²) in [5, 5.41) is 8.17. The molecule has 0 aliphatic rings. The van der Waals surface area contributed by atoms with Crippen LogP contribution in [0.1, 0.15) is 0 Å². The van der Waals surface area contributed by atoms with Crippen molar-refractivity contribution in [2.45, 2.75) is 0 Å². The maximum absolute atomic E-state index is 11.6. The fraction of sp³-hybridized carbons (Fsp3) is 0.111. The van der Waals surface area contributed by atoms with Crippen molar-refractivity contribution in [2.24, 2.45) is 5.22 Å². The highest BCUT2D eigenvalue weighted by Crippen LogP contribution is 2.06. The quantitative estimate of drug-likeness (QED) is 0.624. The van der Waals surface area contributed by atoms with Crippen molar-refractivity contribution in [1.29, 1.82) is 5.53 Å². The second-order valence-electron chi connectivity index (χ2n) is 2.64. The lowest BCUT2D eigenvalue weighted by Gasteiger charge is -2.10. The zero-order valence-corrected chi connectivity index (χ0v) is 9.44. The van der Waals surface area contributed by atoms with E-state index in [-0.39, 0.29) is 0 Å². The fourth-order valence-corrected chi connectivity index (χ4v) is 1.12. The number of nitrogens with one attached hydrogen (secondary N) is 2. The van der Waals surface area contributed by atoms with Crippen LogP contribution in [0.3, 0.4) is 0 Å². The van der Waals surface area contributed by atoms with Gasteiger partial charge in [0.05, 0.1) is 11.9 Å². The summed E-state index contributed by atoms with van der Waals surface area (Å²) in [6.07, 6.45) is 6.37. The summed E-state index contributed by atoms with van der Waals surface area (Å²) < 4.78 is 0. The minimum Gasteiger partial charge on any atom is -0.305 e. The van der Waals surface area contributed by atoms with Crippen LogP contribution < -0.4 is 5.32 Å². The third-order valence-corrected chi connectivity index (χ3v) is 1.96. The van der Waals surface area contributed by atoms with Crippen LogP contribution in [0.15, 0.2) is 41.4 Å². The van der Waals surface area contributed by atoms with Gasteiger partial charge in [-0.05, 0) is 23.8 Å². The van der Waals surface area contributed by atoms with E-state index < -0.39 is 6.03 Å². The number of carbonyl (C=O) groups is 1. The second kappa shape index (κ2) is 6.57. The van der Waals surface area contributed by atoms with Crippen LogP contribution in [0.2, 0.25) is 0 Å². The Labute approximate surface area is 97.2 Å². The number of hydrogen-bond acceptors (Lipinski definition) is 5. The van der Waals surface area contributed by atoms with E-state index in [9.17, 15) is 4.79 Å². The van der Waals surface area contributed by atoms with Crippen molar-refractivity contribution in [3.05, 3.63) is 36.1 Å². The number of amides is 2. The first-order valence-electron chi connectivity index (χ1n) is 4.35. The van der Waals surface area contributed by atoms with Gasteiger partial charge >= 0.3 is 6.03 Å². The fourth-order valence-electron chi connectivity index (χ4n) is 0.882. The van der Waals surface area contributed by atoms with Gasteiger partial charge in [0.25, 0.3) is 0 Å². The molecule has 0 aromatic carbocycles. The summed E-state index contributed by atoms with van der Waals surface area (Å²) in [4.78, 5) is 15.4. The van der Waals surface area contributed by atoms with Crippen LogP contribution >= 0.6 is 11.8 Å². The molecule has 7 heteroatoms. The number of thioether (sulfide) groups is 1. The van der Waals surface area contributed by atoms with Crippen LogP contribution in [-0.2, 0) is 0 Å². The highest BCUT2D eigenvalue weighted by atomic mass is 32.2. The second-order valence-corrected chi connectivity index (χ2v) is 3.38. The molecule has 1 rings (SSSR count). The van der Waals surface area contributed by atoms with Crippen LogP contribution in [0.5, 0.6) is 0 Å². The van der Waals surface area contributed by atoms with E-state index in [1.807, 2.05) is 6.26 Å². The maximum atomic E-state index is 11.6. The van der Waals surface area contributed by atoms with Gasteiger partial charge in [-0.1, -0.05) is 5.22 Å². The molecule has 1 aromatic rings. The molecule has 0 aliphatic heterocycles. The van der Waals surface area contributed by atoms with Crippen LogP contribution in [0.4, 0.5) is 10.5 Å². The highest BCUT2D eigenvalue weighted by Gasteiger charge is 2.09. The van der Waals surface area contributed by atoms with Crippen molar-refractivity contribution in [3.8, 4) is 0 Å². The Balaban J connectivity index is 2.63. The van der Waals surface area contributed by atoms with Gasteiger partial charge in [-0.2, -0.15) is 10.5 Å². The van der Waals surface area contributed by atoms with Gasteiger partial charge < -0.3 is 5.32 Å². The number of aromatic nitrogens is 1. The first-order chi connectivity index (χ1) is 7.77. The summed E-state index contributed by atoms with van der Waals surface area (Å²) in [7, 11) is 0. The first kappa shape index (κ1) is 12.2. The van der Waals surface area contributed by atoms with Gasteiger partial charge in [-0.25, -0.2) is 4.79 Å². The Hall–Kier alpha value is -1.89. The summed E-state index contributed by atoms with van der Waals surface area (Å²) in [5.74, 6) is 0. The minimum atomic E-state index is -0.506. The van der Waals surface area contributed by atoms with E-state index in [1.165, 1.54) is 24.2 Å². The Morgan fingerprint density at radius 1 is 1.75 bits per heavy atom. The molecule has 16 heavy (non-hydrogen) atoms. The normalized spacial score (nSPS) is 10.1. The van der Waals surface area contributed by atoms with E-state index in [4.69, 9.17) is 5.53 Å². The molecule has 0 fully saturated rings. The van der Waals surface area contributed by atoms with E-state index >= 15 is 0 Å². The average molecular weight is 237 g/mol. The minimum absolute atomic E-state index is 0.506. The molecule has 2 N–H and O–H groups in total. The molecule has 0 spiro atoms. The SMILES string of the molecule is CS/C=C/N(N=N)C(=O)Nc1cccnc1. The van der Waals surface area contributed by atoms with Gasteiger partial charge in [-0.3, -0.25) is 4.98 Å². The van der Waals surface area contributed by atoms with Crippen molar-refractivity contribution in [2.75, 3.05) is 11.6 Å². The van der Waals surface area contributed by atoms with Crippen molar-refractivity contribution >= 4 is 23.5 Å². The largest absolute Gasteiger partial charge is 0.347 e. The van der Waals surface area contributed by atoms with Crippen molar-refractivity contribution < 1.29 is 4.79 Å². The van der Waals surface area contributed by atoms with Crippen molar-refractivity contribution in [1.82, 2.24) is 9.99 Å². The predicted octanol–water partition coefficient (Wildman–Crippen LogP) is 2.70. The van der Waals surface area contributed by atoms with E-state index in [0.29, 0.717) is 5.69 Å². The molecule has 0 saturated carbocycles. The number of rotatable bonds is 4. The van der Waals surface area contributed by atoms with Crippen LogP contribution in [0, 0.1) is 5.53 Å². The number of urea groups is 1. The Kier molecular flexibility index (Phi) is 5.00. The number of nitrogens with zero attached hydrogens (tertiary/aromatic N) is 3. The van der Waals surface area contributed by atoms with Gasteiger partial charge in [0, 0.05) is 12.4 Å². The summed E-state index contributed by atoms with van der Waals surface area (Å²) in [6.45, 7) is 0. The van der Waals surface area contributed by atoms with Gasteiger partial charge in [0.1, 0.15) is 0 Å². The molecule has 0 atom stereocenters. The third-order valence-electron chi connectivity index (χ3n) is 1.57. The number of anilines is 1. The molecule has 0 aliphatic carbocycles. The van der Waals surface area contributed by atoms with Crippen LogP contribution in [-0.4, -0.2) is 22.3 Å². The molecular weight excluding hydrogens is 226 g/mol. The van der Waals surface area contributed by atoms with Gasteiger partial charge in [-0.15, -0.1) is 11.8 Å². The number of pyridine rings is 1. The summed E-state index contributed by atoms with van der Waals surface area (Å²) in [5.41, 5.74) is 7.40. The highest BCUT2D eigenvalue weighted by molar-refractivity contribution is 8.01. The Morgan fingerprint density at radius 2 is 2.56 bits per heavy atom. The molecule has 84 valence electrons. The molecule has 6 nitrogen and oxygen atoms in total. The summed E-state index contributed by atoms with van der Waals surface area (Å²) >= 11 is 1.41. The summed E-state index contributed by atoms with van der Waals surface area (Å²) in [6, 6.07) is 2.90. The molecule has 2 amide bonds. The van der Waals surface area contributed by atoms with Gasteiger partial charge in [0.15, 0.2) is 0 Å². The Bertz CT molecular complexity index is 381. The van der Waals surface area contributed by atoms with Gasteiger partial charge in [0.2, 0.25) is 0 Å². The molecular formula is C9H11N5OS. The zero-order chi connectivity index (χ0) is 11.8. The topological polar surface area (TPSA) is 81.4 Å². The molecule has 1 heterocycles. The maximum Gasteiger partial charge on any atom is 0.347 e. The molecule has 0 radical (unpaired) electrons. The van der Waals surface area contributed by atoms with E-state index in [0.717, 1.165) is 5.01 Å². The molecule has 0 unspecified atom stereocenters. The lowest BCUT2D eigenvalue weighted by molar-refractivity contribution is 0.226. The smallest absolute Gasteiger partial charge is 0.305 e. The van der Waals surface area contributed by atoms with Crippen molar-refractivity contribution in [3.63, 3.8) is 0 Å². The lowest BCUT2D eigenvalue weighted by atomic mass is 10.4. The predicted molar refractivity (Wildman–Crippen MR) is 62.9 cm³/mol. The van der Waals surface area contributed by atoms with E-state index in [1.54, 1.807) is 23.7 Å². The number of carbonyl (C=O) groups excluding carboxylic acids is 1. The Morgan fingerprint density at radius 3 is 3.12 bits per heavy atom. The first-order valence-corrected chi connectivity index (χ1v) is 5.64. The average Bonchev–Trinajstić information content (AvgIpc) is 2.31. The third kappa shape index (κ3) is 3.70. The van der Waals surface area contributed by atoms with Crippen LogP contribution in [0.25, 0.3) is 0 Å². The van der Waals surface area contributed by atoms with E-state index in [2.05, 4.69) is 15.5 Å². The standard InChI is InChI=1S/C9H11N5OS/c1-16-6-5-14(13-10)9(15)12-8-3-2-4-11-7-8/h2-7,10H,1H3,(H,12,15)/b6-5+,13-10?. The molecule has 0 saturated heterocycles. The zero-order valence-electron chi connectivity index (χ0n) is 8.62.